The Balaban J connectivity index is 1.57. The second-order valence-corrected chi connectivity index (χ2v) is 5.82. The molecule has 1 aliphatic carbocycles. The number of piperidine rings is 1. The summed E-state index contributed by atoms with van der Waals surface area (Å²) in [7, 11) is 0. The van der Waals surface area contributed by atoms with Crippen molar-refractivity contribution in [2.45, 2.75) is 37.0 Å². The van der Waals surface area contributed by atoms with Crippen molar-refractivity contribution in [3.8, 4) is 0 Å². The average Bonchev–Trinajstić information content (AvgIpc) is 3.03. The smallest absolute Gasteiger partial charge is 0.417 e. The van der Waals surface area contributed by atoms with Crippen molar-refractivity contribution >= 4 is 5.91 Å². The highest BCUT2D eigenvalue weighted by atomic mass is 19.4. The highest BCUT2D eigenvalue weighted by Crippen LogP contribution is 2.49. The summed E-state index contributed by atoms with van der Waals surface area (Å²) in [6.45, 7) is -0.119. The van der Waals surface area contributed by atoms with Crippen LogP contribution in [0.5, 0.6) is 0 Å². The van der Waals surface area contributed by atoms with Crippen LogP contribution in [0.1, 0.15) is 30.9 Å². The standard InChI is InChI=1S/C14H16F3NO3/c15-14(16,17)13(20)3-5-18(6-4-13)12(19)10-8-9(10)11-2-1-7-21-11/h1-2,7,9-10,20H,3-6,8H2. The number of carbonyl (C=O) groups is 1. The Hall–Kier alpha value is -1.50. The zero-order valence-electron chi connectivity index (χ0n) is 11.3. The van der Waals surface area contributed by atoms with Gasteiger partial charge in [-0.3, -0.25) is 4.79 Å². The number of alkyl halides is 3. The Bertz CT molecular complexity index is 518. The molecule has 2 atom stereocenters. The number of hydrogen-bond acceptors (Lipinski definition) is 3. The second-order valence-electron chi connectivity index (χ2n) is 5.82. The molecule has 1 aromatic rings. The molecule has 2 fully saturated rings. The molecule has 1 saturated carbocycles. The van der Waals surface area contributed by atoms with Gasteiger partial charge in [0.05, 0.1) is 6.26 Å². The first-order valence-electron chi connectivity index (χ1n) is 6.93. The normalized spacial score (nSPS) is 28.5. The summed E-state index contributed by atoms with van der Waals surface area (Å²) in [5.74, 6) is 0.446. The van der Waals surface area contributed by atoms with E-state index in [9.17, 15) is 23.1 Å². The number of halogens is 3. The molecule has 1 N–H and O–H groups in total. The van der Waals surface area contributed by atoms with Crippen molar-refractivity contribution in [1.29, 1.82) is 0 Å². The van der Waals surface area contributed by atoms with Crippen molar-refractivity contribution in [2.24, 2.45) is 5.92 Å². The predicted molar refractivity (Wildman–Crippen MR) is 66.4 cm³/mol. The van der Waals surface area contributed by atoms with Crippen LogP contribution < -0.4 is 0 Å². The minimum Gasteiger partial charge on any atom is -0.469 e. The molecule has 7 heteroatoms. The maximum atomic E-state index is 12.7. The molecule has 3 rings (SSSR count). The number of nitrogens with zero attached hydrogens (tertiary/aromatic N) is 1. The molecular weight excluding hydrogens is 287 g/mol. The van der Waals surface area contributed by atoms with E-state index in [1.807, 2.05) is 0 Å². The molecule has 2 heterocycles. The SMILES string of the molecule is O=C(C1CC1c1ccco1)N1CCC(O)(C(F)(F)F)CC1. The fourth-order valence-corrected chi connectivity index (χ4v) is 2.90. The first-order chi connectivity index (χ1) is 9.82. The summed E-state index contributed by atoms with van der Waals surface area (Å²) in [4.78, 5) is 13.7. The highest BCUT2D eigenvalue weighted by molar-refractivity contribution is 5.83. The van der Waals surface area contributed by atoms with Crippen molar-refractivity contribution in [2.75, 3.05) is 13.1 Å². The molecule has 1 saturated heterocycles. The molecule has 116 valence electrons. The van der Waals surface area contributed by atoms with E-state index >= 15 is 0 Å². The van der Waals surface area contributed by atoms with Crippen LogP contribution in [0.3, 0.4) is 0 Å². The quantitative estimate of drug-likeness (QED) is 0.912. The lowest BCUT2D eigenvalue weighted by Gasteiger charge is -2.39. The molecule has 0 spiro atoms. The molecule has 0 aromatic carbocycles. The lowest BCUT2D eigenvalue weighted by molar-refractivity contribution is -0.272. The Kier molecular flexibility index (Phi) is 3.27. The molecule has 1 aliphatic heterocycles. The molecule has 1 amide bonds. The molecule has 1 aromatic heterocycles. The van der Waals surface area contributed by atoms with Gasteiger partial charge >= 0.3 is 6.18 Å². The van der Waals surface area contributed by atoms with Gasteiger partial charge < -0.3 is 14.4 Å². The van der Waals surface area contributed by atoms with Crippen LogP contribution in [0.2, 0.25) is 0 Å². The molecule has 4 nitrogen and oxygen atoms in total. The molecule has 21 heavy (non-hydrogen) atoms. The van der Waals surface area contributed by atoms with Crippen molar-refractivity contribution in [3.05, 3.63) is 24.2 Å². The summed E-state index contributed by atoms with van der Waals surface area (Å²) < 4.78 is 43.4. The Labute approximate surface area is 119 Å². The summed E-state index contributed by atoms with van der Waals surface area (Å²) in [5.41, 5.74) is -2.66. The van der Waals surface area contributed by atoms with E-state index < -0.39 is 24.6 Å². The number of amides is 1. The minimum absolute atomic E-state index is 0.0379. The number of furan rings is 1. The van der Waals surface area contributed by atoms with Gasteiger partial charge in [-0.05, 0) is 18.6 Å². The van der Waals surface area contributed by atoms with Gasteiger partial charge in [0.2, 0.25) is 5.91 Å². The van der Waals surface area contributed by atoms with Crippen LogP contribution >= 0.6 is 0 Å². The monoisotopic (exact) mass is 303 g/mol. The predicted octanol–water partition coefficient (Wildman–Crippen LogP) is 2.30. The molecular formula is C14H16F3NO3. The van der Waals surface area contributed by atoms with E-state index in [2.05, 4.69) is 0 Å². The lowest BCUT2D eigenvalue weighted by Crippen LogP contribution is -2.54. The van der Waals surface area contributed by atoms with Crippen LogP contribution in [0.25, 0.3) is 0 Å². The Morgan fingerprint density at radius 1 is 1.38 bits per heavy atom. The van der Waals surface area contributed by atoms with E-state index in [4.69, 9.17) is 4.42 Å². The van der Waals surface area contributed by atoms with Gasteiger partial charge in [0.25, 0.3) is 0 Å². The maximum absolute atomic E-state index is 12.7. The summed E-state index contributed by atoms with van der Waals surface area (Å²) in [6, 6.07) is 3.55. The first kappa shape index (κ1) is 14.4. The van der Waals surface area contributed by atoms with E-state index in [1.54, 1.807) is 18.4 Å². The fraction of sp³-hybridized carbons (Fsp3) is 0.643. The van der Waals surface area contributed by atoms with Crippen LogP contribution in [0.15, 0.2) is 22.8 Å². The number of carbonyl (C=O) groups excluding carboxylic acids is 1. The van der Waals surface area contributed by atoms with Gasteiger partial charge in [-0.1, -0.05) is 0 Å². The van der Waals surface area contributed by atoms with Crippen LogP contribution in [-0.4, -0.2) is 40.8 Å². The third-order valence-electron chi connectivity index (χ3n) is 4.45. The van der Waals surface area contributed by atoms with E-state index in [0.717, 1.165) is 5.76 Å². The molecule has 0 bridgehead atoms. The van der Waals surface area contributed by atoms with Gasteiger partial charge in [0.1, 0.15) is 5.76 Å². The van der Waals surface area contributed by atoms with Crippen LogP contribution in [-0.2, 0) is 4.79 Å². The number of rotatable bonds is 2. The molecule has 2 aliphatic rings. The van der Waals surface area contributed by atoms with E-state index in [1.165, 1.54) is 4.90 Å². The molecule has 0 radical (unpaired) electrons. The molecule has 2 unspecified atom stereocenters. The topological polar surface area (TPSA) is 53.7 Å². The van der Waals surface area contributed by atoms with Crippen molar-refractivity contribution in [3.63, 3.8) is 0 Å². The van der Waals surface area contributed by atoms with Crippen LogP contribution in [0.4, 0.5) is 13.2 Å². The fourth-order valence-electron chi connectivity index (χ4n) is 2.90. The lowest BCUT2D eigenvalue weighted by atomic mass is 9.90. The Morgan fingerprint density at radius 2 is 2.05 bits per heavy atom. The summed E-state index contributed by atoms with van der Waals surface area (Å²) in [6.07, 6.45) is -3.34. The summed E-state index contributed by atoms with van der Waals surface area (Å²) in [5, 5.41) is 9.59. The van der Waals surface area contributed by atoms with E-state index in [-0.39, 0.29) is 30.8 Å². The summed E-state index contributed by atoms with van der Waals surface area (Å²) >= 11 is 0. The second kappa shape index (κ2) is 4.76. The van der Waals surface area contributed by atoms with Gasteiger partial charge in [-0.2, -0.15) is 13.2 Å². The van der Waals surface area contributed by atoms with Crippen molar-refractivity contribution in [1.82, 2.24) is 4.90 Å². The minimum atomic E-state index is -4.64. The third-order valence-corrected chi connectivity index (χ3v) is 4.45. The first-order valence-corrected chi connectivity index (χ1v) is 6.93. The van der Waals surface area contributed by atoms with Gasteiger partial charge in [0.15, 0.2) is 5.60 Å². The highest BCUT2D eigenvalue weighted by Gasteiger charge is 2.56. The number of hydrogen-bond donors (Lipinski definition) is 1. The number of aliphatic hydroxyl groups is 1. The number of likely N-dealkylation sites (tertiary alicyclic amines) is 1. The maximum Gasteiger partial charge on any atom is 0.417 e. The van der Waals surface area contributed by atoms with Crippen molar-refractivity contribution < 1.29 is 27.5 Å². The average molecular weight is 303 g/mol. The largest absolute Gasteiger partial charge is 0.469 e. The Morgan fingerprint density at radius 3 is 2.57 bits per heavy atom. The van der Waals surface area contributed by atoms with Gasteiger partial charge in [-0.15, -0.1) is 0 Å². The van der Waals surface area contributed by atoms with Crippen LogP contribution in [0, 0.1) is 5.92 Å². The van der Waals surface area contributed by atoms with Gasteiger partial charge in [-0.25, -0.2) is 0 Å². The van der Waals surface area contributed by atoms with E-state index in [0.29, 0.717) is 6.42 Å². The third kappa shape index (κ3) is 2.54. The zero-order valence-corrected chi connectivity index (χ0v) is 11.3. The zero-order chi connectivity index (χ0) is 15.3. The van der Waals surface area contributed by atoms with Gasteiger partial charge in [0, 0.05) is 37.8 Å².